The molecule has 0 saturated heterocycles. The maximum absolute atomic E-state index is 12.3. The highest BCUT2D eigenvalue weighted by atomic mass is 16.2. The Morgan fingerprint density at radius 1 is 0.821 bits per heavy atom. The molecular formula is C22H22N4O2. The average molecular weight is 374 g/mol. The second-order valence-corrected chi connectivity index (χ2v) is 6.79. The van der Waals surface area contributed by atoms with Crippen LogP contribution in [-0.4, -0.2) is 21.9 Å². The first-order valence-corrected chi connectivity index (χ1v) is 9.05. The molecule has 0 unspecified atom stereocenters. The van der Waals surface area contributed by atoms with Gasteiger partial charge in [-0.15, -0.1) is 10.2 Å². The molecule has 0 fully saturated rings. The van der Waals surface area contributed by atoms with E-state index < -0.39 is 0 Å². The van der Waals surface area contributed by atoms with E-state index in [-0.39, 0.29) is 17.4 Å². The lowest BCUT2D eigenvalue weighted by Gasteiger charge is -2.09. The standard InChI is InChI=1S/C22H22N4O2/c1-14(2)16-4-8-18(9-5-16)23-21-13-12-20(25-26-21)22(28)24-19-10-6-17(7-11-19)15(3)27/h4-14H,1-3H3,(H,23,26)(H,24,28). The molecule has 6 heteroatoms. The van der Waals surface area contributed by atoms with Crippen LogP contribution in [0.3, 0.4) is 0 Å². The Balaban J connectivity index is 1.63. The van der Waals surface area contributed by atoms with Gasteiger partial charge in [-0.1, -0.05) is 26.0 Å². The van der Waals surface area contributed by atoms with Crippen LogP contribution in [0, 0.1) is 0 Å². The number of aromatic nitrogens is 2. The predicted octanol–water partition coefficient (Wildman–Crippen LogP) is 4.80. The van der Waals surface area contributed by atoms with Gasteiger partial charge >= 0.3 is 0 Å². The number of nitrogens with one attached hydrogen (secondary N) is 2. The van der Waals surface area contributed by atoms with Crippen LogP contribution < -0.4 is 10.6 Å². The first kappa shape index (κ1) is 19.2. The number of rotatable bonds is 6. The Kier molecular flexibility index (Phi) is 5.79. The van der Waals surface area contributed by atoms with E-state index in [0.717, 1.165) is 5.69 Å². The second-order valence-electron chi connectivity index (χ2n) is 6.79. The van der Waals surface area contributed by atoms with E-state index in [1.165, 1.54) is 12.5 Å². The van der Waals surface area contributed by atoms with Gasteiger partial charge in [-0.3, -0.25) is 9.59 Å². The van der Waals surface area contributed by atoms with E-state index in [1.807, 2.05) is 12.1 Å². The zero-order valence-corrected chi connectivity index (χ0v) is 16.1. The number of benzene rings is 2. The number of carbonyl (C=O) groups excluding carboxylic acids is 2. The van der Waals surface area contributed by atoms with Crippen LogP contribution in [0.5, 0.6) is 0 Å². The quantitative estimate of drug-likeness (QED) is 0.606. The molecular weight excluding hydrogens is 352 g/mol. The Morgan fingerprint density at radius 3 is 2.00 bits per heavy atom. The third-order valence-corrected chi connectivity index (χ3v) is 4.30. The van der Waals surface area contributed by atoms with E-state index in [0.29, 0.717) is 23.0 Å². The van der Waals surface area contributed by atoms with Gasteiger partial charge < -0.3 is 10.6 Å². The van der Waals surface area contributed by atoms with Gasteiger partial charge in [0.1, 0.15) is 0 Å². The maximum Gasteiger partial charge on any atom is 0.276 e. The highest BCUT2D eigenvalue weighted by Crippen LogP contribution is 2.19. The van der Waals surface area contributed by atoms with Gasteiger partial charge in [-0.05, 0) is 66.9 Å². The van der Waals surface area contributed by atoms with Crippen LogP contribution in [0.2, 0.25) is 0 Å². The number of carbonyl (C=O) groups is 2. The van der Waals surface area contributed by atoms with E-state index in [4.69, 9.17) is 0 Å². The molecule has 0 aliphatic rings. The summed E-state index contributed by atoms with van der Waals surface area (Å²) in [5.74, 6) is 0.645. The van der Waals surface area contributed by atoms with E-state index >= 15 is 0 Å². The van der Waals surface area contributed by atoms with Crippen LogP contribution in [0.25, 0.3) is 0 Å². The molecule has 1 amide bonds. The number of nitrogens with zero attached hydrogens (tertiary/aromatic N) is 2. The zero-order valence-electron chi connectivity index (χ0n) is 16.1. The summed E-state index contributed by atoms with van der Waals surface area (Å²) in [4.78, 5) is 23.6. The van der Waals surface area contributed by atoms with Gasteiger partial charge in [0.05, 0.1) is 0 Å². The SMILES string of the molecule is CC(=O)c1ccc(NC(=O)c2ccc(Nc3ccc(C(C)C)cc3)nn2)cc1. The lowest BCUT2D eigenvalue weighted by Crippen LogP contribution is -2.14. The van der Waals surface area contributed by atoms with Crippen molar-refractivity contribution in [1.29, 1.82) is 0 Å². The van der Waals surface area contributed by atoms with Gasteiger partial charge in [-0.25, -0.2) is 0 Å². The van der Waals surface area contributed by atoms with Gasteiger partial charge in [0.2, 0.25) is 0 Å². The van der Waals surface area contributed by atoms with E-state index in [9.17, 15) is 9.59 Å². The number of ketones is 1. The predicted molar refractivity (Wildman–Crippen MR) is 110 cm³/mol. The largest absolute Gasteiger partial charge is 0.339 e. The van der Waals surface area contributed by atoms with Gasteiger partial charge in [-0.2, -0.15) is 0 Å². The van der Waals surface area contributed by atoms with Crippen molar-refractivity contribution >= 4 is 28.9 Å². The molecule has 1 heterocycles. The van der Waals surface area contributed by atoms with Crippen molar-refractivity contribution in [3.63, 3.8) is 0 Å². The van der Waals surface area contributed by atoms with Crippen molar-refractivity contribution in [3.05, 3.63) is 77.5 Å². The molecule has 28 heavy (non-hydrogen) atoms. The molecule has 0 saturated carbocycles. The van der Waals surface area contributed by atoms with Crippen LogP contribution in [0.1, 0.15) is 53.1 Å². The highest BCUT2D eigenvalue weighted by Gasteiger charge is 2.09. The van der Waals surface area contributed by atoms with Crippen molar-refractivity contribution < 1.29 is 9.59 Å². The van der Waals surface area contributed by atoms with Crippen LogP contribution in [0.4, 0.5) is 17.2 Å². The molecule has 0 aliphatic carbocycles. The third-order valence-electron chi connectivity index (χ3n) is 4.30. The lowest BCUT2D eigenvalue weighted by molar-refractivity contribution is 0.101. The van der Waals surface area contributed by atoms with Crippen LogP contribution in [-0.2, 0) is 0 Å². The fraction of sp³-hybridized carbons (Fsp3) is 0.182. The molecule has 1 aromatic heterocycles. The summed E-state index contributed by atoms with van der Waals surface area (Å²) in [6.45, 7) is 5.79. The van der Waals surface area contributed by atoms with Crippen molar-refractivity contribution in [3.8, 4) is 0 Å². The zero-order chi connectivity index (χ0) is 20.1. The number of hydrogen-bond acceptors (Lipinski definition) is 5. The minimum Gasteiger partial charge on any atom is -0.339 e. The molecule has 142 valence electrons. The normalized spacial score (nSPS) is 10.6. The summed E-state index contributed by atoms with van der Waals surface area (Å²) in [6.07, 6.45) is 0. The van der Waals surface area contributed by atoms with Gasteiger partial charge in [0.15, 0.2) is 17.3 Å². The molecule has 0 atom stereocenters. The minimum atomic E-state index is -0.365. The summed E-state index contributed by atoms with van der Waals surface area (Å²) in [5.41, 5.74) is 3.55. The number of amides is 1. The molecule has 2 aromatic carbocycles. The summed E-state index contributed by atoms with van der Waals surface area (Å²) in [7, 11) is 0. The molecule has 0 aliphatic heterocycles. The average Bonchev–Trinajstić information content (AvgIpc) is 2.69. The van der Waals surface area contributed by atoms with E-state index in [1.54, 1.807) is 36.4 Å². The molecule has 2 N–H and O–H groups in total. The van der Waals surface area contributed by atoms with Crippen LogP contribution in [0.15, 0.2) is 60.7 Å². The number of hydrogen-bond donors (Lipinski definition) is 2. The lowest BCUT2D eigenvalue weighted by atomic mass is 10.0. The molecule has 6 nitrogen and oxygen atoms in total. The first-order chi connectivity index (χ1) is 13.4. The molecule has 0 spiro atoms. The first-order valence-electron chi connectivity index (χ1n) is 9.05. The minimum absolute atomic E-state index is 0.0225. The number of Topliss-reactive ketones (excluding diaryl/α,β-unsaturated/α-hetero) is 1. The molecule has 3 rings (SSSR count). The molecule has 0 bridgehead atoms. The molecule has 0 radical (unpaired) electrons. The summed E-state index contributed by atoms with van der Waals surface area (Å²) >= 11 is 0. The Morgan fingerprint density at radius 2 is 1.46 bits per heavy atom. The topological polar surface area (TPSA) is 84.0 Å². The Bertz CT molecular complexity index is 963. The monoisotopic (exact) mass is 374 g/mol. The fourth-order valence-electron chi connectivity index (χ4n) is 2.60. The fourth-order valence-corrected chi connectivity index (χ4v) is 2.60. The number of anilines is 3. The van der Waals surface area contributed by atoms with Crippen molar-refractivity contribution in [1.82, 2.24) is 10.2 Å². The summed E-state index contributed by atoms with van der Waals surface area (Å²) in [6, 6.07) is 18.1. The second kappa shape index (κ2) is 8.43. The highest BCUT2D eigenvalue weighted by molar-refractivity contribution is 6.03. The van der Waals surface area contributed by atoms with E-state index in [2.05, 4.69) is 46.8 Å². The summed E-state index contributed by atoms with van der Waals surface area (Å²) in [5, 5.41) is 14.0. The summed E-state index contributed by atoms with van der Waals surface area (Å²) < 4.78 is 0. The maximum atomic E-state index is 12.3. The van der Waals surface area contributed by atoms with Crippen molar-refractivity contribution in [2.75, 3.05) is 10.6 Å². The smallest absolute Gasteiger partial charge is 0.276 e. The van der Waals surface area contributed by atoms with Crippen molar-refractivity contribution in [2.24, 2.45) is 0 Å². The van der Waals surface area contributed by atoms with Gasteiger partial charge in [0.25, 0.3) is 5.91 Å². The Hall–Kier alpha value is -3.54. The van der Waals surface area contributed by atoms with Crippen LogP contribution >= 0.6 is 0 Å². The van der Waals surface area contributed by atoms with Gasteiger partial charge in [0, 0.05) is 16.9 Å². The third kappa shape index (κ3) is 4.79. The molecule has 3 aromatic rings. The Labute approximate surface area is 164 Å². The van der Waals surface area contributed by atoms with Crippen molar-refractivity contribution in [2.45, 2.75) is 26.7 Å².